The summed E-state index contributed by atoms with van der Waals surface area (Å²) in [6.45, 7) is 0.0267. The molecule has 1 fully saturated rings. The van der Waals surface area contributed by atoms with Gasteiger partial charge in [-0.1, -0.05) is 47.5 Å². The van der Waals surface area contributed by atoms with Crippen LogP contribution < -0.4 is 4.74 Å². The van der Waals surface area contributed by atoms with Crippen molar-refractivity contribution in [2.75, 3.05) is 18.1 Å². The minimum absolute atomic E-state index is 0.0463. The average molecular weight is 428 g/mol. The molecule has 1 unspecified atom stereocenters. The molecule has 144 valence electrons. The molecular formula is C19H19Cl2NO4S. The molecule has 0 radical (unpaired) electrons. The third-order valence-electron chi connectivity index (χ3n) is 4.43. The van der Waals surface area contributed by atoms with Crippen molar-refractivity contribution in [3.05, 3.63) is 64.1 Å². The summed E-state index contributed by atoms with van der Waals surface area (Å²) < 4.78 is 29.3. The van der Waals surface area contributed by atoms with Crippen LogP contribution in [0, 0.1) is 0 Å². The lowest BCUT2D eigenvalue weighted by Gasteiger charge is -2.29. The van der Waals surface area contributed by atoms with Gasteiger partial charge in [-0.05, 0) is 36.2 Å². The number of sulfone groups is 1. The maximum Gasteiger partial charge on any atom is 0.261 e. The maximum absolute atomic E-state index is 12.8. The number of amides is 1. The van der Waals surface area contributed by atoms with E-state index in [1.54, 1.807) is 35.2 Å². The first kappa shape index (κ1) is 20.0. The summed E-state index contributed by atoms with van der Waals surface area (Å²) >= 11 is 12.2. The predicted molar refractivity (Wildman–Crippen MR) is 106 cm³/mol. The predicted octanol–water partition coefficient (Wildman–Crippen LogP) is 3.59. The van der Waals surface area contributed by atoms with Gasteiger partial charge in [-0.15, -0.1) is 0 Å². The van der Waals surface area contributed by atoms with Gasteiger partial charge in [0.15, 0.2) is 16.4 Å². The lowest BCUT2D eigenvalue weighted by atomic mass is 10.1. The van der Waals surface area contributed by atoms with Gasteiger partial charge in [0.2, 0.25) is 0 Å². The van der Waals surface area contributed by atoms with E-state index >= 15 is 0 Å². The van der Waals surface area contributed by atoms with Gasteiger partial charge in [0, 0.05) is 22.6 Å². The van der Waals surface area contributed by atoms with E-state index in [9.17, 15) is 13.2 Å². The molecule has 8 heteroatoms. The number of carbonyl (C=O) groups is 1. The summed E-state index contributed by atoms with van der Waals surface area (Å²) in [6, 6.07) is 13.6. The molecule has 1 aliphatic rings. The Balaban J connectivity index is 1.77. The van der Waals surface area contributed by atoms with E-state index in [-0.39, 0.29) is 30.6 Å². The lowest BCUT2D eigenvalue weighted by Crippen LogP contribution is -2.43. The molecule has 1 heterocycles. The molecule has 0 aromatic heterocycles. The number of hydrogen-bond acceptors (Lipinski definition) is 4. The van der Waals surface area contributed by atoms with Gasteiger partial charge in [0.25, 0.3) is 5.91 Å². The standard InChI is InChI=1S/C19H19Cl2NO4S/c20-15-7-6-14(18(21)10-15)11-22(16-8-9-27(24,25)13-16)19(23)12-26-17-4-2-1-3-5-17/h1-7,10,16H,8-9,11-13H2. The Kier molecular flexibility index (Phi) is 6.29. The molecular weight excluding hydrogens is 409 g/mol. The second-order valence-electron chi connectivity index (χ2n) is 6.42. The van der Waals surface area contributed by atoms with Crippen molar-refractivity contribution in [1.82, 2.24) is 4.90 Å². The summed E-state index contributed by atoms with van der Waals surface area (Å²) in [5.74, 6) is 0.325. The minimum atomic E-state index is -3.14. The van der Waals surface area contributed by atoms with Gasteiger partial charge >= 0.3 is 0 Å². The molecule has 2 aromatic rings. The molecule has 3 rings (SSSR count). The number of hydrogen-bond donors (Lipinski definition) is 0. The van der Waals surface area contributed by atoms with Gasteiger partial charge in [-0.25, -0.2) is 8.42 Å². The van der Waals surface area contributed by atoms with Crippen LogP contribution >= 0.6 is 23.2 Å². The van der Waals surface area contributed by atoms with Gasteiger partial charge in [-0.2, -0.15) is 0 Å². The van der Waals surface area contributed by atoms with Crippen molar-refractivity contribution in [2.45, 2.75) is 19.0 Å². The van der Waals surface area contributed by atoms with Crippen LogP contribution in [-0.2, 0) is 21.2 Å². The van der Waals surface area contributed by atoms with Crippen LogP contribution in [0.2, 0.25) is 10.0 Å². The topological polar surface area (TPSA) is 63.7 Å². The Morgan fingerprint density at radius 1 is 1.15 bits per heavy atom. The number of halogens is 2. The van der Waals surface area contributed by atoms with Gasteiger partial charge < -0.3 is 9.64 Å². The molecule has 0 aliphatic carbocycles. The monoisotopic (exact) mass is 427 g/mol. The number of benzene rings is 2. The molecule has 0 saturated carbocycles. The zero-order valence-electron chi connectivity index (χ0n) is 14.5. The van der Waals surface area contributed by atoms with E-state index in [2.05, 4.69) is 0 Å². The number of carbonyl (C=O) groups excluding carboxylic acids is 1. The first-order valence-electron chi connectivity index (χ1n) is 8.46. The SMILES string of the molecule is O=C(COc1ccccc1)N(Cc1ccc(Cl)cc1Cl)C1CCS(=O)(=O)C1. The van der Waals surface area contributed by atoms with Crippen molar-refractivity contribution < 1.29 is 17.9 Å². The highest BCUT2D eigenvalue weighted by Gasteiger charge is 2.35. The highest BCUT2D eigenvalue weighted by molar-refractivity contribution is 7.91. The Bertz CT molecular complexity index is 919. The van der Waals surface area contributed by atoms with Crippen LogP contribution in [0.25, 0.3) is 0 Å². The van der Waals surface area contributed by atoms with E-state index in [1.165, 1.54) is 0 Å². The summed E-state index contributed by atoms with van der Waals surface area (Å²) in [5, 5.41) is 0.933. The van der Waals surface area contributed by atoms with E-state index < -0.39 is 15.9 Å². The number of nitrogens with zero attached hydrogens (tertiary/aromatic N) is 1. The van der Waals surface area contributed by atoms with Gasteiger partial charge in [0.05, 0.1) is 11.5 Å². The fourth-order valence-electron chi connectivity index (χ4n) is 3.02. The fraction of sp³-hybridized carbons (Fsp3) is 0.316. The van der Waals surface area contributed by atoms with Gasteiger partial charge in [0.1, 0.15) is 5.75 Å². The van der Waals surface area contributed by atoms with Crippen molar-refractivity contribution >= 4 is 38.9 Å². The number of rotatable bonds is 6. The lowest BCUT2D eigenvalue weighted by molar-refractivity contribution is -0.136. The van der Waals surface area contributed by atoms with Crippen molar-refractivity contribution in [2.24, 2.45) is 0 Å². The summed E-state index contributed by atoms with van der Waals surface area (Å²) in [5.41, 5.74) is 0.707. The Hall–Kier alpha value is -1.76. The van der Waals surface area contributed by atoms with E-state index in [0.717, 1.165) is 0 Å². The fourth-order valence-corrected chi connectivity index (χ4v) is 5.22. The third kappa shape index (κ3) is 5.37. The van der Waals surface area contributed by atoms with Crippen molar-refractivity contribution in [3.63, 3.8) is 0 Å². The summed E-state index contributed by atoms with van der Waals surface area (Å²) in [6.07, 6.45) is 0.407. The van der Waals surface area contributed by atoms with Crippen molar-refractivity contribution in [1.29, 1.82) is 0 Å². The smallest absolute Gasteiger partial charge is 0.261 e. The summed E-state index contributed by atoms with van der Waals surface area (Å²) in [7, 11) is -3.14. The van der Waals surface area contributed by atoms with Gasteiger partial charge in [-0.3, -0.25) is 4.79 Å². The molecule has 1 saturated heterocycles. The number of para-hydroxylation sites is 1. The van der Waals surface area contributed by atoms with Crippen LogP contribution in [0.3, 0.4) is 0 Å². The molecule has 5 nitrogen and oxygen atoms in total. The Morgan fingerprint density at radius 2 is 1.89 bits per heavy atom. The molecule has 0 bridgehead atoms. The van der Waals surface area contributed by atoms with E-state index in [0.29, 0.717) is 27.8 Å². The van der Waals surface area contributed by atoms with Crippen LogP contribution in [0.15, 0.2) is 48.5 Å². The first-order valence-corrected chi connectivity index (χ1v) is 11.0. The van der Waals surface area contributed by atoms with Crippen LogP contribution in [0.4, 0.5) is 0 Å². The Labute approximate surface area is 168 Å². The van der Waals surface area contributed by atoms with Crippen LogP contribution in [-0.4, -0.2) is 43.4 Å². The first-order chi connectivity index (χ1) is 12.8. The van der Waals surface area contributed by atoms with Crippen molar-refractivity contribution in [3.8, 4) is 5.75 Å². The second-order valence-corrected chi connectivity index (χ2v) is 9.49. The largest absolute Gasteiger partial charge is 0.484 e. The normalized spacial score (nSPS) is 18.2. The van der Waals surface area contributed by atoms with E-state index in [1.807, 2.05) is 18.2 Å². The Morgan fingerprint density at radius 3 is 2.52 bits per heavy atom. The number of ether oxygens (including phenoxy) is 1. The second kappa shape index (κ2) is 8.50. The highest BCUT2D eigenvalue weighted by atomic mass is 35.5. The molecule has 1 amide bonds. The van der Waals surface area contributed by atoms with Crippen LogP contribution in [0.5, 0.6) is 5.75 Å². The summed E-state index contributed by atoms with van der Waals surface area (Å²) in [4.78, 5) is 14.4. The average Bonchev–Trinajstić information content (AvgIpc) is 2.99. The highest BCUT2D eigenvalue weighted by Crippen LogP contribution is 2.26. The minimum Gasteiger partial charge on any atom is -0.484 e. The zero-order valence-corrected chi connectivity index (χ0v) is 16.8. The van der Waals surface area contributed by atoms with E-state index in [4.69, 9.17) is 27.9 Å². The quantitative estimate of drug-likeness (QED) is 0.706. The molecule has 27 heavy (non-hydrogen) atoms. The zero-order chi connectivity index (χ0) is 19.4. The molecule has 0 N–H and O–H groups in total. The molecule has 2 aromatic carbocycles. The molecule has 1 aliphatic heterocycles. The van der Waals surface area contributed by atoms with Crippen LogP contribution in [0.1, 0.15) is 12.0 Å². The molecule has 1 atom stereocenters. The third-order valence-corrected chi connectivity index (χ3v) is 6.77. The maximum atomic E-state index is 12.8. The molecule has 0 spiro atoms.